The Kier molecular flexibility index (Phi) is 5.13. The molecule has 5 heteroatoms. The molecule has 19 heavy (non-hydrogen) atoms. The van der Waals surface area contributed by atoms with Crippen LogP contribution in [0.2, 0.25) is 0 Å². The lowest BCUT2D eigenvalue weighted by Crippen LogP contribution is -2.32. The van der Waals surface area contributed by atoms with E-state index in [1.165, 1.54) is 11.3 Å². The molecule has 1 amide bonds. The summed E-state index contributed by atoms with van der Waals surface area (Å²) in [5, 5.41) is 14.5. The van der Waals surface area contributed by atoms with Crippen LogP contribution in [-0.2, 0) is 6.42 Å². The van der Waals surface area contributed by atoms with Crippen LogP contribution >= 0.6 is 27.3 Å². The van der Waals surface area contributed by atoms with E-state index in [-0.39, 0.29) is 12.5 Å². The summed E-state index contributed by atoms with van der Waals surface area (Å²) >= 11 is 4.69. The van der Waals surface area contributed by atoms with Gasteiger partial charge in [-0.3, -0.25) is 4.79 Å². The standard InChI is InChI=1S/C14H14BrNO2S/c15-12-6-7-19-13(12)14(18)16-9-11(17)8-10-4-2-1-3-5-10/h1-7,11,17H,8-9H2,(H,16,18). The first kappa shape index (κ1) is 14.2. The van der Waals surface area contributed by atoms with Crippen molar-refractivity contribution in [3.05, 3.63) is 56.7 Å². The first-order valence-corrected chi connectivity index (χ1v) is 7.57. The molecule has 0 aliphatic rings. The number of nitrogens with one attached hydrogen (secondary N) is 1. The van der Waals surface area contributed by atoms with Gasteiger partial charge >= 0.3 is 0 Å². The number of carbonyl (C=O) groups is 1. The van der Waals surface area contributed by atoms with E-state index in [4.69, 9.17) is 0 Å². The molecule has 0 radical (unpaired) electrons. The molecule has 0 aliphatic heterocycles. The topological polar surface area (TPSA) is 49.3 Å². The molecule has 3 nitrogen and oxygen atoms in total. The van der Waals surface area contributed by atoms with E-state index in [1.807, 2.05) is 41.8 Å². The molecule has 0 saturated heterocycles. The van der Waals surface area contributed by atoms with Crippen LogP contribution in [0.25, 0.3) is 0 Å². The Morgan fingerprint density at radius 3 is 2.68 bits per heavy atom. The van der Waals surface area contributed by atoms with Gasteiger partial charge in [-0.25, -0.2) is 0 Å². The number of carbonyl (C=O) groups excluding carboxylic acids is 1. The summed E-state index contributed by atoms with van der Waals surface area (Å²) in [6.07, 6.45) is -0.0442. The number of benzene rings is 1. The highest BCUT2D eigenvalue weighted by atomic mass is 79.9. The second-order valence-corrected chi connectivity index (χ2v) is 5.92. The van der Waals surface area contributed by atoms with Crippen molar-refractivity contribution in [1.82, 2.24) is 5.32 Å². The molecule has 2 N–H and O–H groups in total. The first-order valence-electron chi connectivity index (χ1n) is 5.90. The normalized spacial score (nSPS) is 12.1. The summed E-state index contributed by atoms with van der Waals surface area (Å²) in [4.78, 5) is 12.5. The third kappa shape index (κ3) is 4.16. The zero-order chi connectivity index (χ0) is 13.7. The summed E-state index contributed by atoms with van der Waals surface area (Å²) in [5.74, 6) is -0.158. The number of halogens is 1. The van der Waals surface area contributed by atoms with Crippen molar-refractivity contribution in [2.75, 3.05) is 6.54 Å². The van der Waals surface area contributed by atoms with E-state index in [9.17, 15) is 9.90 Å². The smallest absolute Gasteiger partial charge is 0.262 e. The minimum Gasteiger partial charge on any atom is -0.391 e. The molecule has 2 rings (SSSR count). The van der Waals surface area contributed by atoms with E-state index in [1.54, 1.807) is 0 Å². The van der Waals surface area contributed by atoms with Gasteiger partial charge in [-0.1, -0.05) is 30.3 Å². The first-order chi connectivity index (χ1) is 9.16. The van der Waals surface area contributed by atoms with E-state index in [2.05, 4.69) is 21.2 Å². The van der Waals surface area contributed by atoms with Gasteiger partial charge in [0.15, 0.2) is 0 Å². The lowest BCUT2D eigenvalue weighted by atomic mass is 10.1. The average molecular weight is 340 g/mol. The fraction of sp³-hybridized carbons (Fsp3) is 0.214. The number of amides is 1. The molecule has 1 aromatic heterocycles. The van der Waals surface area contributed by atoms with E-state index in [0.29, 0.717) is 11.3 Å². The predicted molar refractivity (Wildman–Crippen MR) is 80.5 cm³/mol. The summed E-state index contributed by atoms with van der Waals surface area (Å²) < 4.78 is 0.785. The lowest BCUT2D eigenvalue weighted by Gasteiger charge is -2.11. The average Bonchev–Trinajstić information content (AvgIpc) is 2.83. The Labute approximate surface area is 124 Å². The van der Waals surface area contributed by atoms with Gasteiger partial charge in [0.1, 0.15) is 4.88 Å². The molecule has 1 heterocycles. The molecule has 0 spiro atoms. The lowest BCUT2D eigenvalue weighted by molar-refractivity contribution is 0.0919. The van der Waals surface area contributed by atoms with Crippen molar-refractivity contribution in [3.63, 3.8) is 0 Å². The Balaban J connectivity index is 1.82. The van der Waals surface area contributed by atoms with E-state index < -0.39 is 6.10 Å². The number of hydrogen-bond acceptors (Lipinski definition) is 3. The summed E-state index contributed by atoms with van der Waals surface area (Å²) in [5.41, 5.74) is 1.06. The summed E-state index contributed by atoms with van der Waals surface area (Å²) in [7, 11) is 0. The number of thiophene rings is 1. The Bertz CT molecular complexity index is 541. The van der Waals surface area contributed by atoms with Crippen molar-refractivity contribution < 1.29 is 9.90 Å². The van der Waals surface area contributed by atoms with Gasteiger partial charge in [0.05, 0.1) is 6.10 Å². The van der Waals surface area contributed by atoms with Crippen molar-refractivity contribution in [2.45, 2.75) is 12.5 Å². The second kappa shape index (κ2) is 6.84. The van der Waals surface area contributed by atoms with Crippen LogP contribution in [0.3, 0.4) is 0 Å². The molecule has 0 aliphatic carbocycles. The van der Waals surface area contributed by atoms with Gasteiger partial charge in [0.2, 0.25) is 0 Å². The Hall–Kier alpha value is -1.17. The molecular formula is C14H14BrNO2S. The van der Waals surface area contributed by atoms with Crippen molar-refractivity contribution in [3.8, 4) is 0 Å². The third-order valence-corrected chi connectivity index (χ3v) is 4.47. The number of aliphatic hydroxyl groups excluding tert-OH is 1. The van der Waals surface area contributed by atoms with Gasteiger partial charge in [0.25, 0.3) is 5.91 Å². The van der Waals surface area contributed by atoms with E-state index in [0.717, 1.165) is 10.0 Å². The molecule has 100 valence electrons. The van der Waals surface area contributed by atoms with Crippen molar-refractivity contribution in [2.24, 2.45) is 0 Å². The number of aliphatic hydroxyl groups is 1. The van der Waals surface area contributed by atoms with Gasteiger partial charge in [-0.05, 0) is 32.9 Å². The molecule has 1 unspecified atom stereocenters. The summed E-state index contributed by atoms with van der Waals surface area (Å²) in [6, 6.07) is 11.6. The Morgan fingerprint density at radius 1 is 1.32 bits per heavy atom. The highest BCUT2D eigenvalue weighted by Crippen LogP contribution is 2.22. The van der Waals surface area contributed by atoms with Crippen LogP contribution in [0.5, 0.6) is 0 Å². The van der Waals surface area contributed by atoms with Crippen LogP contribution in [0.15, 0.2) is 46.3 Å². The van der Waals surface area contributed by atoms with Crippen LogP contribution in [0.4, 0.5) is 0 Å². The fourth-order valence-electron chi connectivity index (χ4n) is 1.70. The number of hydrogen-bond donors (Lipinski definition) is 2. The zero-order valence-electron chi connectivity index (χ0n) is 10.2. The van der Waals surface area contributed by atoms with Gasteiger partial charge < -0.3 is 10.4 Å². The maximum atomic E-state index is 11.8. The van der Waals surface area contributed by atoms with Gasteiger partial charge in [-0.2, -0.15) is 0 Å². The van der Waals surface area contributed by atoms with Crippen LogP contribution in [0, 0.1) is 0 Å². The monoisotopic (exact) mass is 339 g/mol. The van der Waals surface area contributed by atoms with Crippen molar-refractivity contribution in [1.29, 1.82) is 0 Å². The quantitative estimate of drug-likeness (QED) is 0.879. The molecule has 0 bridgehead atoms. The largest absolute Gasteiger partial charge is 0.391 e. The molecule has 0 fully saturated rings. The Morgan fingerprint density at radius 2 is 2.05 bits per heavy atom. The SMILES string of the molecule is O=C(NCC(O)Cc1ccccc1)c1sccc1Br. The van der Waals surface area contributed by atoms with Gasteiger partial charge in [-0.15, -0.1) is 11.3 Å². The van der Waals surface area contributed by atoms with Crippen LogP contribution in [0.1, 0.15) is 15.2 Å². The minimum atomic E-state index is -0.579. The molecule has 1 aromatic carbocycles. The zero-order valence-corrected chi connectivity index (χ0v) is 12.6. The minimum absolute atomic E-state index is 0.158. The molecular weight excluding hydrogens is 326 g/mol. The highest BCUT2D eigenvalue weighted by molar-refractivity contribution is 9.10. The second-order valence-electron chi connectivity index (χ2n) is 4.15. The molecule has 2 aromatic rings. The van der Waals surface area contributed by atoms with Gasteiger partial charge in [0, 0.05) is 17.4 Å². The molecule has 0 saturated carbocycles. The highest BCUT2D eigenvalue weighted by Gasteiger charge is 2.13. The number of rotatable bonds is 5. The maximum absolute atomic E-state index is 11.8. The van der Waals surface area contributed by atoms with Crippen LogP contribution < -0.4 is 5.32 Å². The fourth-order valence-corrected chi connectivity index (χ4v) is 3.17. The third-order valence-electron chi connectivity index (χ3n) is 2.64. The van der Waals surface area contributed by atoms with E-state index >= 15 is 0 Å². The predicted octanol–water partition coefficient (Wildman–Crippen LogP) is 2.84. The molecule has 1 atom stereocenters. The summed E-state index contributed by atoms with van der Waals surface area (Å²) in [6.45, 7) is 0.248. The van der Waals surface area contributed by atoms with Crippen LogP contribution in [-0.4, -0.2) is 23.7 Å². The maximum Gasteiger partial charge on any atom is 0.262 e. The van der Waals surface area contributed by atoms with Crippen molar-refractivity contribution >= 4 is 33.2 Å².